The van der Waals surface area contributed by atoms with Gasteiger partial charge in [-0.05, 0) is 12.5 Å². The molecular weight excluding hydrogens is 178 g/mol. The molecule has 0 aromatic heterocycles. The SMILES string of the molecule is C[C@@H]1N[C@@H](c2ccccc2)COC1=O. The van der Waals surface area contributed by atoms with E-state index in [-0.39, 0.29) is 18.1 Å². The van der Waals surface area contributed by atoms with E-state index in [1.54, 1.807) is 0 Å². The molecule has 3 heteroatoms. The summed E-state index contributed by atoms with van der Waals surface area (Å²) < 4.78 is 5.06. The van der Waals surface area contributed by atoms with Crippen LogP contribution in [0.15, 0.2) is 30.3 Å². The molecule has 0 amide bonds. The van der Waals surface area contributed by atoms with Crippen LogP contribution in [0.1, 0.15) is 18.5 Å². The van der Waals surface area contributed by atoms with Crippen LogP contribution in [-0.2, 0) is 9.53 Å². The molecule has 2 atom stereocenters. The average Bonchev–Trinajstić information content (AvgIpc) is 2.23. The molecule has 14 heavy (non-hydrogen) atoms. The highest BCUT2D eigenvalue weighted by atomic mass is 16.5. The first-order valence-electron chi connectivity index (χ1n) is 4.75. The third-order valence-corrected chi connectivity index (χ3v) is 2.40. The summed E-state index contributed by atoms with van der Waals surface area (Å²) in [5.74, 6) is -0.169. The van der Waals surface area contributed by atoms with Crippen molar-refractivity contribution < 1.29 is 9.53 Å². The molecule has 0 radical (unpaired) electrons. The van der Waals surface area contributed by atoms with Gasteiger partial charge in [-0.1, -0.05) is 30.3 Å². The first kappa shape index (κ1) is 9.21. The standard InChI is InChI=1S/C11H13NO2/c1-8-11(13)14-7-10(12-8)9-5-3-2-4-6-9/h2-6,8,10,12H,7H2,1H3/t8-,10+/m0/s1. The van der Waals surface area contributed by atoms with E-state index in [2.05, 4.69) is 5.32 Å². The number of nitrogens with one attached hydrogen (secondary N) is 1. The second-order valence-corrected chi connectivity index (χ2v) is 3.48. The lowest BCUT2D eigenvalue weighted by molar-refractivity contribution is -0.151. The summed E-state index contributed by atoms with van der Waals surface area (Å²) in [6.07, 6.45) is 0. The van der Waals surface area contributed by atoms with Gasteiger partial charge in [0.1, 0.15) is 12.6 Å². The number of hydrogen-bond acceptors (Lipinski definition) is 3. The molecule has 0 saturated carbocycles. The molecule has 1 saturated heterocycles. The maximum Gasteiger partial charge on any atom is 0.322 e. The van der Waals surface area contributed by atoms with Gasteiger partial charge < -0.3 is 4.74 Å². The largest absolute Gasteiger partial charge is 0.463 e. The van der Waals surface area contributed by atoms with Gasteiger partial charge in [0.25, 0.3) is 0 Å². The van der Waals surface area contributed by atoms with E-state index in [1.165, 1.54) is 0 Å². The van der Waals surface area contributed by atoms with Gasteiger partial charge in [-0.3, -0.25) is 10.1 Å². The van der Waals surface area contributed by atoms with Crippen molar-refractivity contribution in [2.75, 3.05) is 6.61 Å². The zero-order chi connectivity index (χ0) is 9.97. The predicted octanol–water partition coefficient (Wildman–Crippen LogP) is 1.26. The fourth-order valence-electron chi connectivity index (χ4n) is 1.59. The summed E-state index contributed by atoms with van der Waals surface area (Å²) in [6, 6.07) is 9.92. The van der Waals surface area contributed by atoms with Gasteiger partial charge in [-0.2, -0.15) is 0 Å². The normalized spacial score (nSPS) is 27.1. The van der Waals surface area contributed by atoms with E-state index in [1.807, 2.05) is 37.3 Å². The van der Waals surface area contributed by atoms with Crippen molar-refractivity contribution in [2.24, 2.45) is 0 Å². The van der Waals surface area contributed by atoms with Crippen LogP contribution in [0.25, 0.3) is 0 Å². The Morgan fingerprint density at radius 2 is 2.07 bits per heavy atom. The van der Waals surface area contributed by atoms with Crippen molar-refractivity contribution in [3.63, 3.8) is 0 Å². The van der Waals surface area contributed by atoms with E-state index >= 15 is 0 Å². The van der Waals surface area contributed by atoms with Crippen LogP contribution in [0.2, 0.25) is 0 Å². The number of morpholine rings is 1. The lowest BCUT2D eigenvalue weighted by Gasteiger charge is -2.28. The van der Waals surface area contributed by atoms with Crippen LogP contribution in [0.4, 0.5) is 0 Å². The van der Waals surface area contributed by atoms with E-state index in [0.717, 1.165) is 5.56 Å². The first-order chi connectivity index (χ1) is 6.77. The quantitative estimate of drug-likeness (QED) is 0.679. The lowest BCUT2D eigenvalue weighted by Crippen LogP contribution is -2.45. The van der Waals surface area contributed by atoms with Crippen LogP contribution in [-0.4, -0.2) is 18.6 Å². The first-order valence-corrected chi connectivity index (χ1v) is 4.75. The zero-order valence-electron chi connectivity index (χ0n) is 8.07. The lowest BCUT2D eigenvalue weighted by atomic mass is 10.1. The van der Waals surface area contributed by atoms with Gasteiger partial charge in [0.05, 0.1) is 6.04 Å². The summed E-state index contributed by atoms with van der Waals surface area (Å²) >= 11 is 0. The molecular formula is C11H13NO2. The van der Waals surface area contributed by atoms with E-state index in [9.17, 15) is 4.79 Å². The van der Waals surface area contributed by atoms with Crippen molar-refractivity contribution in [3.05, 3.63) is 35.9 Å². The smallest absolute Gasteiger partial charge is 0.322 e. The Labute approximate surface area is 83.1 Å². The van der Waals surface area contributed by atoms with Gasteiger partial charge in [0, 0.05) is 0 Å². The van der Waals surface area contributed by atoms with Gasteiger partial charge in [-0.25, -0.2) is 0 Å². The molecule has 0 unspecified atom stereocenters. The third-order valence-electron chi connectivity index (χ3n) is 2.40. The summed E-state index contributed by atoms with van der Waals surface area (Å²) in [7, 11) is 0. The Bertz CT molecular complexity index is 323. The number of ether oxygens (including phenoxy) is 1. The highest BCUT2D eigenvalue weighted by Gasteiger charge is 2.26. The second kappa shape index (κ2) is 3.80. The molecule has 1 aliphatic heterocycles. The zero-order valence-corrected chi connectivity index (χ0v) is 8.07. The Kier molecular flexibility index (Phi) is 2.50. The van der Waals surface area contributed by atoms with E-state index in [4.69, 9.17) is 4.74 Å². The van der Waals surface area contributed by atoms with Gasteiger partial charge in [0.15, 0.2) is 0 Å². The van der Waals surface area contributed by atoms with Crippen LogP contribution >= 0.6 is 0 Å². The maximum absolute atomic E-state index is 11.1. The highest BCUT2D eigenvalue weighted by Crippen LogP contribution is 2.17. The number of esters is 1. The number of hydrogen-bond donors (Lipinski definition) is 1. The maximum atomic E-state index is 11.1. The minimum Gasteiger partial charge on any atom is -0.463 e. The fourth-order valence-corrected chi connectivity index (χ4v) is 1.59. The fraction of sp³-hybridized carbons (Fsp3) is 0.364. The predicted molar refractivity (Wildman–Crippen MR) is 52.7 cm³/mol. The Balaban J connectivity index is 2.11. The number of cyclic esters (lactones) is 1. The molecule has 0 bridgehead atoms. The highest BCUT2D eigenvalue weighted by molar-refractivity contribution is 5.76. The molecule has 1 fully saturated rings. The average molecular weight is 191 g/mol. The molecule has 1 aliphatic rings. The molecule has 0 spiro atoms. The monoisotopic (exact) mass is 191 g/mol. The Hall–Kier alpha value is -1.35. The topological polar surface area (TPSA) is 38.3 Å². The van der Waals surface area contributed by atoms with Crippen molar-refractivity contribution in [1.82, 2.24) is 5.32 Å². The second-order valence-electron chi connectivity index (χ2n) is 3.48. The van der Waals surface area contributed by atoms with Crippen molar-refractivity contribution >= 4 is 5.97 Å². The van der Waals surface area contributed by atoms with Gasteiger partial charge in [0.2, 0.25) is 0 Å². The van der Waals surface area contributed by atoms with E-state index < -0.39 is 0 Å². The molecule has 1 aromatic rings. The minimum absolute atomic E-state index is 0.129. The minimum atomic E-state index is -0.214. The van der Waals surface area contributed by atoms with Crippen LogP contribution < -0.4 is 5.32 Å². The van der Waals surface area contributed by atoms with Crippen LogP contribution in [0.5, 0.6) is 0 Å². The molecule has 0 aliphatic carbocycles. The molecule has 74 valence electrons. The summed E-state index contributed by atoms with van der Waals surface area (Å²) in [5, 5.41) is 3.21. The summed E-state index contributed by atoms with van der Waals surface area (Å²) in [5.41, 5.74) is 1.16. The third kappa shape index (κ3) is 1.77. The number of benzene rings is 1. The molecule has 1 heterocycles. The van der Waals surface area contributed by atoms with Crippen LogP contribution in [0.3, 0.4) is 0 Å². The number of rotatable bonds is 1. The van der Waals surface area contributed by atoms with Crippen molar-refractivity contribution in [1.29, 1.82) is 0 Å². The molecule has 1 aromatic carbocycles. The summed E-state index contributed by atoms with van der Waals surface area (Å²) in [4.78, 5) is 11.1. The number of carbonyl (C=O) groups excluding carboxylic acids is 1. The van der Waals surface area contributed by atoms with Crippen LogP contribution in [0, 0.1) is 0 Å². The molecule has 1 N–H and O–H groups in total. The van der Waals surface area contributed by atoms with Crippen molar-refractivity contribution in [3.8, 4) is 0 Å². The molecule has 3 nitrogen and oxygen atoms in total. The summed E-state index contributed by atoms with van der Waals surface area (Å²) in [6.45, 7) is 2.24. The number of carbonyl (C=O) groups is 1. The Morgan fingerprint density at radius 3 is 2.71 bits per heavy atom. The van der Waals surface area contributed by atoms with E-state index in [0.29, 0.717) is 6.61 Å². The molecule has 2 rings (SSSR count). The Morgan fingerprint density at radius 1 is 1.36 bits per heavy atom. The van der Waals surface area contributed by atoms with Gasteiger partial charge in [-0.15, -0.1) is 0 Å². The van der Waals surface area contributed by atoms with Gasteiger partial charge >= 0.3 is 5.97 Å². The van der Waals surface area contributed by atoms with Crippen molar-refractivity contribution in [2.45, 2.75) is 19.0 Å².